The normalized spacial score (nSPS) is 15.3. The van der Waals surface area contributed by atoms with Crippen molar-refractivity contribution in [3.05, 3.63) is 71.8 Å². The van der Waals surface area contributed by atoms with E-state index in [0.29, 0.717) is 0 Å². The van der Waals surface area contributed by atoms with Crippen LogP contribution in [-0.2, 0) is 0 Å². The zero-order valence-electron chi connectivity index (χ0n) is 13.3. The Labute approximate surface area is 132 Å². The number of hydrogen-bond acceptors (Lipinski definition) is 1. The molecule has 2 aromatic carbocycles. The standard InChI is InChI=1S/C19H23N3/c1-21-14-9-15-22(2)19(21)20-18(16-10-5-3-6-11-16)17-12-7-4-8-13-17/h3-8,10-13,18H,9,14-15H2,1-2H3. The summed E-state index contributed by atoms with van der Waals surface area (Å²) in [5.41, 5.74) is 2.46. The Bertz CT molecular complexity index is 570. The summed E-state index contributed by atoms with van der Waals surface area (Å²) in [7, 11) is 4.25. The highest BCUT2D eigenvalue weighted by Gasteiger charge is 2.21. The van der Waals surface area contributed by atoms with Crippen LogP contribution in [0, 0.1) is 0 Å². The van der Waals surface area contributed by atoms with Gasteiger partial charge in [0.1, 0.15) is 6.04 Å². The Morgan fingerprint density at radius 2 is 1.23 bits per heavy atom. The van der Waals surface area contributed by atoms with Crippen LogP contribution in [0.4, 0.5) is 0 Å². The molecular formula is C19H23N3. The molecule has 0 aromatic heterocycles. The number of guanidine groups is 1. The van der Waals surface area contributed by atoms with Gasteiger partial charge in [0.05, 0.1) is 0 Å². The summed E-state index contributed by atoms with van der Waals surface area (Å²) in [6.45, 7) is 2.14. The summed E-state index contributed by atoms with van der Waals surface area (Å²) >= 11 is 0. The van der Waals surface area contributed by atoms with Gasteiger partial charge in [-0.25, -0.2) is 4.99 Å². The molecule has 0 spiro atoms. The molecule has 0 unspecified atom stereocenters. The third-order valence-corrected chi connectivity index (χ3v) is 4.15. The predicted molar refractivity (Wildman–Crippen MR) is 92.0 cm³/mol. The van der Waals surface area contributed by atoms with E-state index in [-0.39, 0.29) is 6.04 Å². The molecule has 1 fully saturated rings. The smallest absolute Gasteiger partial charge is 0.197 e. The average Bonchev–Trinajstić information content (AvgIpc) is 2.56. The predicted octanol–water partition coefficient (Wildman–Crippen LogP) is 3.40. The molecule has 1 aliphatic heterocycles. The van der Waals surface area contributed by atoms with Crippen molar-refractivity contribution in [2.24, 2.45) is 4.99 Å². The highest BCUT2D eigenvalue weighted by molar-refractivity contribution is 5.80. The van der Waals surface area contributed by atoms with Crippen molar-refractivity contribution in [2.45, 2.75) is 12.5 Å². The molecule has 1 saturated heterocycles. The van der Waals surface area contributed by atoms with Crippen molar-refractivity contribution in [1.29, 1.82) is 0 Å². The van der Waals surface area contributed by atoms with Crippen LogP contribution < -0.4 is 0 Å². The largest absolute Gasteiger partial charge is 0.346 e. The molecule has 3 rings (SSSR count). The second kappa shape index (κ2) is 6.65. The zero-order valence-corrected chi connectivity index (χ0v) is 13.3. The fourth-order valence-corrected chi connectivity index (χ4v) is 2.96. The maximum absolute atomic E-state index is 5.11. The summed E-state index contributed by atoms with van der Waals surface area (Å²) in [5.74, 6) is 1.07. The molecule has 1 aliphatic rings. The molecule has 0 N–H and O–H groups in total. The Morgan fingerprint density at radius 3 is 1.68 bits per heavy atom. The SMILES string of the molecule is CN1CCCN(C)C1=NC(c1ccccc1)c1ccccc1. The minimum absolute atomic E-state index is 0.0420. The molecular weight excluding hydrogens is 270 g/mol. The van der Waals surface area contributed by atoms with Gasteiger partial charge in [-0.2, -0.15) is 0 Å². The van der Waals surface area contributed by atoms with E-state index >= 15 is 0 Å². The van der Waals surface area contributed by atoms with E-state index in [0.717, 1.165) is 19.0 Å². The van der Waals surface area contributed by atoms with Crippen molar-refractivity contribution in [3.8, 4) is 0 Å². The van der Waals surface area contributed by atoms with E-state index in [1.54, 1.807) is 0 Å². The Hall–Kier alpha value is -2.29. The van der Waals surface area contributed by atoms with E-state index in [4.69, 9.17) is 4.99 Å². The third kappa shape index (κ3) is 3.14. The quantitative estimate of drug-likeness (QED) is 0.864. The lowest BCUT2D eigenvalue weighted by Crippen LogP contribution is -2.46. The number of benzene rings is 2. The van der Waals surface area contributed by atoms with Crippen LogP contribution in [-0.4, -0.2) is 42.9 Å². The number of hydrogen-bond donors (Lipinski definition) is 0. The van der Waals surface area contributed by atoms with Crippen LogP contribution in [0.1, 0.15) is 23.6 Å². The highest BCUT2D eigenvalue weighted by Crippen LogP contribution is 2.27. The first-order chi connectivity index (χ1) is 10.8. The van der Waals surface area contributed by atoms with Crippen LogP contribution in [0.3, 0.4) is 0 Å². The molecule has 0 radical (unpaired) electrons. The van der Waals surface area contributed by atoms with Crippen LogP contribution >= 0.6 is 0 Å². The minimum atomic E-state index is 0.0420. The van der Waals surface area contributed by atoms with E-state index < -0.39 is 0 Å². The van der Waals surface area contributed by atoms with Crippen molar-refractivity contribution in [3.63, 3.8) is 0 Å². The Kier molecular flexibility index (Phi) is 4.42. The molecule has 0 amide bonds. The van der Waals surface area contributed by atoms with Crippen LogP contribution in [0.15, 0.2) is 65.7 Å². The van der Waals surface area contributed by atoms with Gasteiger partial charge in [-0.05, 0) is 17.5 Å². The first-order valence-electron chi connectivity index (χ1n) is 7.85. The van der Waals surface area contributed by atoms with Gasteiger partial charge < -0.3 is 9.80 Å². The van der Waals surface area contributed by atoms with Gasteiger partial charge in [0.2, 0.25) is 0 Å². The van der Waals surface area contributed by atoms with E-state index in [9.17, 15) is 0 Å². The molecule has 2 aromatic rings. The van der Waals surface area contributed by atoms with Crippen molar-refractivity contribution >= 4 is 5.96 Å². The first-order valence-corrected chi connectivity index (χ1v) is 7.85. The first kappa shape index (κ1) is 14.6. The van der Waals surface area contributed by atoms with Crippen molar-refractivity contribution in [2.75, 3.05) is 27.2 Å². The second-order valence-corrected chi connectivity index (χ2v) is 5.85. The van der Waals surface area contributed by atoms with E-state index in [2.05, 4.69) is 84.6 Å². The van der Waals surface area contributed by atoms with Crippen molar-refractivity contribution in [1.82, 2.24) is 9.80 Å². The fraction of sp³-hybridized carbons (Fsp3) is 0.316. The van der Waals surface area contributed by atoms with Gasteiger partial charge in [-0.1, -0.05) is 60.7 Å². The second-order valence-electron chi connectivity index (χ2n) is 5.85. The van der Waals surface area contributed by atoms with Gasteiger partial charge in [0.25, 0.3) is 0 Å². The van der Waals surface area contributed by atoms with Gasteiger partial charge in [-0.3, -0.25) is 0 Å². The summed E-state index contributed by atoms with van der Waals surface area (Å²) < 4.78 is 0. The maximum Gasteiger partial charge on any atom is 0.197 e. The van der Waals surface area contributed by atoms with Gasteiger partial charge >= 0.3 is 0 Å². The summed E-state index contributed by atoms with van der Waals surface area (Å²) in [4.78, 5) is 9.61. The maximum atomic E-state index is 5.11. The van der Waals surface area contributed by atoms with Gasteiger partial charge in [0, 0.05) is 27.2 Å². The highest BCUT2D eigenvalue weighted by atomic mass is 15.4. The lowest BCUT2D eigenvalue weighted by molar-refractivity contribution is 0.315. The average molecular weight is 293 g/mol. The molecule has 22 heavy (non-hydrogen) atoms. The minimum Gasteiger partial charge on any atom is -0.346 e. The molecule has 3 heteroatoms. The molecule has 0 bridgehead atoms. The molecule has 0 saturated carbocycles. The Balaban J connectivity index is 2.02. The molecule has 0 atom stereocenters. The van der Waals surface area contributed by atoms with Gasteiger partial charge in [-0.15, -0.1) is 0 Å². The van der Waals surface area contributed by atoms with Crippen LogP contribution in [0.2, 0.25) is 0 Å². The number of aliphatic imine (C=N–C) groups is 1. The molecule has 114 valence electrons. The van der Waals surface area contributed by atoms with E-state index in [1.807, 2.05) is 0 Å². The van der Waals surface area contributed by atoms with Crippen molar-refractivity contribution < 1.29 is 0 Å². The lowest BCUT2D eigenvalue weighted by Gasteiger charge is -2.35. The monoisotopic (exact) mass is 293 g/mol. The van der Waals surface area contributed by atoms with Gasteiger partial charge in [0.15, 0.2) is 5.96 Å². The summed E-state index contributed by atoms with van der Waals surface area (Å²) in [6, 6.07) is 21.1. The number of nitrogens with zero attached hydrogens (tertiary/aromatic N) is 3. The van der Waals surface area contributed by atoms with Crippen LogP contribution in [0.25, 0.3) is 0 Å². The summed E-state index contributed by atoms with van der Waals surface area (Å²) in [5, 5.41) is 0. The number of rotatable bonds is 3. The Morgan fingerprint density at radius 1 is 0.773 bits per heavy atom. The fourth-order valence-electron chi connectivity index (χ4n) is 2.96. The third-order valence-electron chi connectivity index (χ3n) is 4.15. The lowest BCUT2D eigenvalue weighted by atomic mass is 9.99. The molecule has 3 nitrogen and oxygen atoms in total. The van der Waals surface area contributed by atoms with E-state index in [1.165, 1.54) is 17.5 Å². The molecule has 1 heterocycles. The molecule has 0 aliphatic carbocycles. The van der Waals surface area contributed by atoms with Crippen LogP contribution in [0.5, 0.6) is 0 Å². The summed E-state index contributed by atoms with van der Waals surface area (Å²) in [6.07, 6.45) is 1.19. The zero-order chi connectivity index (χ0) is 15.4. The topological polar surface area (TPSA) is 18.8 Å².